The van der Waals surface area contributed by atoms with Crippen molar-refractivity contribution in [2.75, 3.05) is 18.9 Å². The molecular formula is C19H19F2NO8S2. The van der Waals surface area contributed by atoms with Gasteiger partial charge in [-0.15, -0.1) is 11.3 Å². The molecule has 174 valence electrons. The minimum Gasteiger partial charge on any atom is -0.462 e. The van der Waals surface area contributed by atoms with Gasteiger partial charge in [0.25, 0.3) is 0 Å². The van der Waals surface area contributed by atoms with Crippen LogP contribution in [0.2, 0.25) is 0 Å². The number of esters is 3. The Hall–Kier alpha value is -3.06. The second-order valence-corrected chi connectivity index (χ2v) is 8.97. The zero-order valence-electron chi connectivity index (χ0n) is 16.9. The van der Waals surface area contributed by atoms with Crippen molar-refractivity contribution in [1.29, 1.82) is 0 Å². The monoisotopic (exact) mass is 491 g/mol. The number of halogens is 2. The lowest BCUT2D eigenvalue weighted by Crippen LogP contribution is -2.14. The highest BCUT2D eigenvalue weighted by Crippen LogP contribution is 2.33. The van der Waals surface area contributed by atoms with Gasteiger partial charge in [0.1, 0.15) is 22.0 Å². The van der Waals surface area contributed by atoms with E-state index in [2.05, 4.69) is 0 Å². The lowest BCUT2D eigenvalue weighted by molar-refractivity contribution is 0.0437. The lowest BCUT2D eigenvalue weighted by atomic mass is 10.1. The summed E-state index contributed by atoms with van der Waals surface area (Å²) in [4.78, 5) is 36.2. The van der Waals surface area contributed by atoms with Crippen molar-refractivity contribution in [3.8, 4) is 0 Å². The molecular weight excluding hydrogens is 472 g/mol. The van der Waals surface area contributed by atoms with E-state index < -0.39 is 45.0 Å². The highest BCUT2D eigenvalue weighted by molar-refractivity contribution is 7.91. The first-order valence-electron chi connectivity index (χ1n) is 9.09. The zero-order chi connectivity index (χ0) is 24.1. The molecule has 0 radical (unpaired) electrons. The highest BCUT2D eigenvalue weighted by atomic mass is 32.2. The maximum atomic E-state index is 12.6. The van der Waals surface area contributed by atoms with Crippen LogP contribution in [0.3, 0.4) is 0 Å². The number of nitrogens with two attached hydrogens (primary N) is 1. The minimum absolute atomic E-state index is 0.00496. The summed E-state index contributed by atoms with van der Waals surface area (Å²) in [5.74, 6) is -6.15. The molecule has 0 saturated heterocycles. The van der Waals surface area contributed by atoms with E-state index in [9.17, 15) is 31.6 Å². The second-order valence-electron chi connectivity index (χ2n) is 6.00. The molecule has 2 N–H and O–H groups in total. The molecule has 2 aromatic rings. The molecule has 0 aliphatic heterocycles. The molecule has 0 unspecified atom stereocenters. The number of benzene rings is 1. The topological polar surface area (TPSA) is 139 Å². The molecule has 0 fully saturated rings. The van der Waals surface area contributed by atoms with E-state index in [4.69, 9.17) is 19.9 Å². The van der Waals surface area contributed by atoms with Gasteiger partial charge in [-0.25, -0.2) is 22.8 Å². The third kappa shape index (κ3) is 5.40. The van der Waals surface area contributed by atoms with E-state index >= 15 is 0 Å². The van der Waals surface area contributed by atoms with Crippen LogP contribution in [-0.4, -0.2) is 45.3 Å². The van der Waals surface area contributed by atoms with E-state index in [1.54, 1.807) is 13.8 Å². The molecule has 32 heavy (non-hydrogen) atoms. The Balaban J connectivity index is 2.29. The summed E-state index contributed by atoms with van der Waals surface area (Å²) in [6.07, 6.45) is 0. The first kappa shape index (κ1) is 25.2. The lowest BCUT2D eigenvalue weighted by Gasteiger charge is -2.09. The van der Waals surface area contributed by atoms with Gasteiger partial charge in [-0.05, 0) is 38.1 Å². The SMILES string of the molecule is CCOC(=O)c1sc(N)c(C(=O)OCC)c1COC(=O)c1ccc(S(=O)(=O)C(F)F)cc1. The van der Waals surface area contributed by atoms with E-state index in [1.807, 2.05) is 0 Å². The maximum absolute atomic E-state index is 12.6. The molecule has 2 rings (SSSR count). The number of thiophene rings is 1. The van der Waals surface area contributed by atoms with Gasteiger partial charge >= 0.3 is 23.7 Å². The van der Waals surface area contributed by atoms with Crippen LogP contribution in [0.15, 0.2) is 29.2 Å². The van der Waals surface area contributed by atoms with Crippen molar-refractivity contribution in [1.82, 2.24) is 0 Å². The summed E-state index contributed by atoms with van der Waals surface area (Å²) in [6.45, 7) is 2.70. The number of sulfone groups is 1. The Morgan fingerprint density at radius 2 is 1.53 bits per heavy atom. The quantitative estimate of drug-likeness (QED) is 0.414. The van der Waals surface area contributed by atoms with Gasteiger partial charge in [-0.1, -0.05) is 0 Å². The van der Waals surface area contributed by atoms with Crippen molar-refractivity contribution < 1.29 is 45.8 Å². The van der Waals surface area contributed by atoms with Gasteiger partial charge in [0.15, 0.2) is 0 Å². The number of alkyl halides is 2. The molecule has 9 nitrogen and oxygen atoms in total. The van der Waals surface area contributed by atoms with Gasteiger partial charge in [-0.2, -0.15) is 8.78 Å². The van der Waals surface area contributed by atoms with Crippen molar-refractivity contribution >= 4 is 44.1 Å². The molecule has 1 aromatic heterocycles. The summed E-state index contributed by atoms with van der Waals surface area (Å²) in [7, 11) is -4.81. The first-order chi connectivity index (χ1) is 15.0. The number of hydrogen-bond donors (Lipinski definition) is 1. The Morgan fingerprint density at radius 1 is 0.969 bits per heavy atom. The van der Waals surface area contributed by atoms with Gasteiger partial charge in [0, 0.05) is 5.56 Å². The second kappa shape index (κ2) is 10.5. The van der Waals surface area contributed by atoms with E-state index in [-0.39, 0.29) is 39.8 Å². The number of carbonyl (C=O) groups is 3. The van der Waals surface area contributed by atoms with Crippen LogP contribution in [0.25, 0.3) is 0 Å². The third-order valence-corrected chi connectivity index (χ3v) is 6.41. The summed E-state index contributed by atoms with van der Waals surface area (Å²) in [6, 6.07) is 3.68. The van der Waals surface area contributed by atoms with Crippen LogP contribution in [0.4, 0.5) is 13.8 Å². The largest absolute Gasteiger partial charge is 0.462 e. The first-order valence-corrected chi connectivity index (χ1v) is 11.4. The van der Waals surface area contributed by atoms with Gasteiger partial charge < -0.3 is 19.9 Å². The number of rotatable bonds is 9. The predicted molar refractivity (Wildman–Crippen MR) is 109 cm³/mol. The summed E-state index contributed by atoms with van der Waals surface area (Å²) < 4.78 is 63.2. The molecule has 0 atom stereocenters. The number of hydrogen-bond acceptors (Lipinski definition) is 10. The van der Waals surface area contributed by atoms with E-state index in [1.165, 1.54) is 0 Å². The average molecular weight is 491 g/mol. The van der Waals surface area contributed by atoms with E-state index in [0.717, 1.165) is 35.6 Å². The van der Waals surface area contributed by atoms with Crippen molar-refractivity contribution in [3.05, 3.63) is 45.8 Å². The standard InChI is InChI=1S/C19H19F2NO8S2/c1-3-28-17(24)13-12(14(31-15(13)22)18(25)29-4-2)9-30-16(23)10-5-7-11(8-6-10)32(26,27)19(20)21/h5-8,19H,3-4,9,22H2,1-2H3. The van der Waals surface area contributed by atoms with Crippen LogP contribution in [-0.2, 0) is 30.7 Å². The van der Waals surface area contributed by atoms with Crippen LogP contribution < -0.4 is 5.73 Å². The Morgan fingerprint density at radius 3 is 2.06 bits per heavy atom. The summed E-state index contributed by atoms with van der Waals surface area (Å²) >= 11 is 0.771. The number of ether oxygens (including phenoxy) is 3. The van der Waals surface area contributed by atoms with Gasteiger partial charge in [0.2, 0.25) is 9.84 Å². The average Bonchev–Trinajstić information content (AvgIpc) is 3.08. The predicted octanol–water partition coefficient (Wildman–Crippen LogP) is 3.04. The fourth-order valence-corrected chi connectivity index (χ4v) is 4.19. The maximum Gasteiger partial charge on any atom is 0.348 e. The smallest absolute Gasteiger partial charge is 0.348 e. The molecule has 1 heterocycles. The van der Waals surface area contributed by atoms with E-state index in [0.29, 0.717) is 0 Å². The number of carbonyl (C=O) groups excluding carboxylic acids is 3. The van der Waals surface area contributed by atoms with Crippen LogP contribution in [0.1, 0.15) is 49.8 Å². The zero-order valence-corrected chi connectivity index (χ0v) is 18.6. The molecule has 1 aromatic carbocycles. The van der Waals surface area contributed by atoms with Crippen molar-refractivity contribution in [2.45, 2.75) is 31.1 Å². The Labute approximate surface area is 186 Å². The molecule has 0 saturated carbocycles. The Bertz CT molecular complexity index is 1110. The Kier molecular flexibility index (Phi) is 8.27. The van der Waals surface area contributed by atoms with Gasteiger partial charge in [0.05, 0.1) is 23.7 Å². The van der Waals surface area contributed by atoms with Crippen LogP contribution in [0.5, 0.6) is 0 Å². The normalized spacial score (nSPS) is 11.3. The summed E-state index contributed by atoms with van der Waals surface area (Å²) in [5, 5.41) is -0.0286. The van der Waals surface area contributed by atoms with Crippen LogP contribution in [0, 0.1) is 0 Å². The molecule has 0 spiro atoms. The molecule has 0 amide bonds. The molecule has 13 heteroatoms. The molecule has 0 aliphatic rings. The number of nitrogen functional groups attached to an aromatic ring is 1. The fraction of sp³-hybridized carbons (Fsp3) is 0.316. The highest BCUT2D eigenvalue weighted by Gasteiger charge is 2.29. The molecule has 0 aliphatic carbocycles. The van der Waals surface area contributed by atoms with Crippen molar-refractivity contribution in [3.63, 3.8) is 0 Å². The van der Waals surface area contributed by atoms with Crippen molar-refractivity contribution in [2.24, 2.45) is 0 Å². The third-order valence-electron chi connectivity index (χ3n) is 3.98. The van der Waals surface area contributed by atoms with Gasteiger partial charge in [-0.3, -0.25) is 0 Å². The summed E-state index contributed by atoms with van der Waals surface area (Å²) in [5.41, 5.74) is 5.58. The minimum atomic E-state index is -4.81. The fourth-order valence-electron chi connectivity index (χ4n) is 2.52. The number of anilines is 1. The molecule has 0 bridgehead atoms. The van der Waals surface area contributed by atoms with Crippen LogP contribution >= 0.6 is 11.3 Å².